The van der Waals surface area contributed by atoms with Crippen LogP contribution in [0, 0.1) is 6.92 Å². The first-order chi connectivity index (χ1) is 14.6. The predicted octanol–water partition coefficient (Wildman–Crippen LogP) is 4.50. The summed E-state index contributed by atoms with van der Waals surface area (Å²) in [6.45, 7) is 4.11. The van der Waals surface area contributed by atoms with Gasteiger partial charge in [-0.3, -0.25) is 19.5 Å². The Morgan fingerprint density at radius 3 is 2.90 bits per heavy atom. The smallest absolute Gasteiger partial charge is 0.239 e. The minimum atomic E-state index is -0.198. The number of thioether (sulfide) groups is 1. The van der Waals surface area contributed by atoms with Crippen LogP contribution in [0.4, 0.5) is 5.69 Å². The standard InChI is InChI=1S/C22H21N5OS2/c1-13-12-29-22-26-18(11-27(13)22)16-7-3-4-8-17(16)25-20(28)19-14(2)24-21(30-19)15-6-5-9-23-10-15/h3-12,14,19,21,24H,1-2H3,(H,25,28). The second-order valence-corrected chi connectivity index (χ2v) is 9.46. The van der Waals surface area contributed by atoms with Gasteiger partial charge in [0.1, 0.15) is 5.25 Å². The molecule has 1 aliphatic heterocycles. The first kappa shape index (κ1) is 19.3. The van der Waals surface area contributed by atoms with Gasteiger partial charge in [0.05, 0.1) is 16.8 Å². The van der Waals surface area contributed by atoms with Crippen molar-refractivity contribution in [3.05, 3.63) is 71.6 Å². The molecule has 5 rings (SSSR count). The number of aromatic nitrogens is 3. The van der Waals surface area contributed by atoms with Crippen LogP contribution in [0.3, 0.4) is 0 Å². The Balaban J connectivity index is 1.38. The highest BCUT2D eigenvalue weighted by Gasteiger charge is 2.37. The van der Waals surface area contributed by atoms with E-state index < -0.39 is 0 Å². The van der Waals surface area contributed by atoms with E-state index in [1.165, 1.54) is 0 Å². The Hall–Kier alpha value is -2.68. The van der Waals surface area contributed by atoms with Gasteiger partial charge in [0.25, 0.3) is 0 Å². The molecular formula is C22H21N5OS2. The highest BCUT2D eigenvalue weighted by Crippen LogP contribution is 2.39. The molecular weight excluding hydrogens is 414 g/mol. The fourth-order valence-electron chi connectivity index (χ4n) is 3.67. The predicted molar refractivity (Wildman–Crippen MR) is 123 cm³/mol. The summed E-state index contributed by atoms with van der Waals surface area (Å²) in [7, 11) is 0. The molecule has 3 aromatic heterocycles. The normalized spacial score (nSPS) is 21.2. The van der Waals surface area contributed by atoms with Gasteiger partial charge in [-0.25, -0.2) is 4.98 Å². The number of imidazole rings is 1. The first-order valence-corrected chi connectivity index (χ1v) is 11.6. The van der Waals surface area contributed by atoms with Crippen molar-refractivity contribution < 1.29 is 4.79 Å². The maximum Gasteiger partial charge on any atom is 0.239 e. The number of carbonyl (C=O) groups is 1. The van der Waals surface area contributed by atoms with E-state index in [0.29, 0.717) is 0 Å². The topological polar surface area (TPSA) is 71.3 Å². The summed E-state index contributed by atoms with van der Waals surface area (Å²) >= 11 is 3.24. The molecule has 0 aliphatic carbocycles. The van der Waals surface area contributed by atoms with E-state index in [4.69, 9.17) is 4.98 Å². The number of hydrogen-bond donors (Lipinski definition) is 2. The summed E-state index contributed by atoms with van der Waals surface area (Å²) in [5, 5.41) is 8.59. The minimum Gasteiger partial charge on any atom is -0.324 e. The number of para-hydroxylation sites is 1. The van der Waals surface area contributed by atoms with E-state index in [2.05, 4.69) is 32.3 Å². The zero-order valence-electron chi connectivity index (χ0n) is 16.6. The summed E-state index contributed by atoms with van der Waals surface area (Å²) in [5.74, 6) is -0.00366. The molecule has 1 saturated heterocycles. The van der Waals surface area contributed by atoms with Crippen molar-refractivity contribution in [1.82, 2.24) is 19.7 Å². The number of aryl methyl sites for hydroxylation is 1. The second kappa shape index (κ2) is 7.86. The maximum atomic E-state index is 13.2. The monoisotopic (exact) mass is 435 g/mol. The summed E-state index contributed by atoms with van der Waals surface area (Å²) in [5.41, 5.74) is 4.80. The van der Waals surface area contributed by atoms with Gasteiger partial charge < -0.3 is 5.32 Å². The third-order valence-electron chi connectivity index (χ3n) is 5.25. The van der Waals surface area contributed by atoms with Crippen LogP contribution in [0.5, 0.6) is 0 Å². The number of carbonyl (C=O) groups excluding carboxylic acids is 1. The van der Waals surface area contributed by atoms with Crippen LogP contribution in [0.2, 0.25) is 0 Å². The molecule has 3 unspecified atom stereocenters. The average Bonchev–Trinajstić information content (AvgIpc) is 3.45. The Bertz CT molecular complexity index is 1200. The average molecular weight is 436 g/mol. The van der Waals surface area contributed by atoms with Crippen molar-refractivity contribution in [3.8, 4) is 11.3 Å². The van der Waals surface area contributed by atoms with Crippen LogP contribution in [0.25, 0.3) is 16.2 Å². The molecule has 2 N–H and O–H groups in total. The Labute approximate surface area is 182 Å². The molecule has 6 nitrogen and oxygen atoms in total. The van der Waals surface area contributed by atoms with E-state index in [-0.39, 0.29) is 22.6 Å². The van der Waals surface area contributed by atoms with Crippen LogP contribution in [-0.2, 0) is 4.79 Å². The molecule has 0 saturated carbocycles. The highest BCUT2D eigenvalue weighted by molar-refractivity contribution is 8.01. The minimum absolute atomic E-state index is 0.00366. The fourth-order valence-corrected chi connectivity index (χ4v) is 5.90. The number of hydrogen-bond acceptors (Lipinski definition) is 6. The molecule has 1 aromatic carbocycles. The highest BCUT2D eigenvalue weighted by atomic mass is 32.2. The van der Waals surface area contributed by atoms with E-state index in [9.17, 15) is 4.79 Å². The summed E-state index contributed by atoms with van der Waals surface area (Å²) < 4.78 is 2.08. The van der Waals surface area contributed by atoms with Gasteiger partial charge in [-0.1, -0.05) is 24.3 Å². The molecule has 30 heavy (non-hydrogen) atoms. The number of thiazole rings is 1. The number of rotatable bonds is 4. The lowest BCUT2D eigenvalue weighted by Gasteiger charge is -2.15. The van der Waals surface area contributed by atoms with Gasteiger partial charge >= 0.3 is 0 Å². The molecule has 0 radical (unpaired) electrons. The molecule has 1 amide bonds. The van der Waals surface area contributed by atoms with Crippen molar-refractivity contribution in [2.24, 2.45) is 0 Å². The summed E-state index contributed by atoms with van der Waals surface area (Å²) in [6, 6.07) is 11.8. The second-order valence-electron chi connectivity index (χ2n) is 7.37. The Morgan fingerprint density at radius 2 is 2.10 bits per heavy atom. The van der Waals surface area contributed by atoms with Crippen LogP contribution in [-0.4, -0.2) is 31.6 Å². The molecule has 0 bridgehead atoms. The maximum absolute atomic E-state index is 13.2. The summed E-state index contributed by atoms with van der Waals surface area (Å²) in [4.78, 5) is 23.0. The Kier molecular flexibility index (Phi) is 5.06. The molecule has 4 aromatic rings. The van der Waals surface area contributed by atoms with E-state index >= 15 is 0 Å². The van der Waals surface area contributed by atoms with Crippen LogP contribution < -0.4 is 10.6 Å². The number of fused-ring (bicyclic) bond motifs is 1. The third kappa shape index (κ3) is 3.51. The van der Waals surface area contributed by atoms with Gasteiger partial charge in [-0.2, -0.15) is 0 Å². The lowest BCUT2D eigenvalue weighted by Crippen LogP contribution is -2.36. The number of amides is 1. The molecule has 152 valence electrons. The molecule has 4 heterocycles. The third-order valence-corrected chi connectivity index (χ3v) is 7.80. The van der Waals surface area contributed by atoms with Crippen LogP contribution in [0.1, 0.15) is 23.6 Å². The lowest BCUT2D eigenvalue weighted by atomic mass is 10.1. The van der Waals surface area contributed by atoms with E-state index in [1.807, 2.05) is 55.7 Å². The van der Waals surface area contributed by atoms with Crippen molar-refractivity contribution in [1.29, 1.82) is 0 Å². The number of nitrogens with zero attached hydrogens (tertiary/aromatic N) is 3. The molecule has 1 aliphatic rings. The Morgan fingerprint density at radius 1 is 1.23 bits per heavy atom. The van der Waals surface area contributed by atoms with Crippen LogP contribution in [0.15, 0.2) is 60.4 Å². The molecule has 1 fully saturated rings. The number of anilines is 1. The molecule has 3 atom stereocenters. The van der Waals surface area contributed by atoms with Gasteiger partial charge in [0.15, 0.2) is 4.96 Å². The van der Waals surface area contributed by atoms with Crippen molar-refractivity contribution in [2.75, 3.05) is 5.32 Å². The first-order valence-electron chi connectivity index (χ1n) is 9.75. The van der Waals surface area contributed by atoms with Gasteiger partial charge in [-0.05, 0) is 31.5 Å². The van der Waals surface area contributed by atoms with Gasteiger partial charge in [0, 0.05) is 41.3 Å². The van der Waals surface area contributed by atoms with Crippen LogP contribution >= 0.6 is 23.1 Å². The molecule has 8 heteroatoms. The number of benzene rings is 1. The van der Waals surface area contributed by atoms with Crippen molar-refractivity contribution in [2.45, 2.75) is 30.5 Å². The largest absolute Gasteiger partial charge is 0.324 e. The number of nitrogens with one attached hydrogen (secondary N) is 2. The van der Waals surface area contributed by atoms with Crippen molar-refractivity contribution in [3.63, 3.8) is 0 Å². The number of pyridine rings is 1. The molecule has 0 spiro atoms. The van der Waals surface area contributed by atoms with Gasteiger partial charge in [0.2, 0.25) is 5.91 Å². The zero-order chi connectivity index (χ0) is 20.7. The van der Waals surface area contributed by atoms with E-state index in [0.717, 1.165) is 33.2 Å². The quantitative estimate of drug-likeness (QED) is 0.494. The SMILES string of the molecule is Cc1csc2nc(-c3ccccc3NC(=O)C3SC(c4cccnc4)NC3C)cn12. The van der Waals surface area contributed by atoms with Gasteiger partial charge in [-0.15, -0.1) is 23.1 Å². The fraction of sp³-hybridized carbons (Fsp3) is 0.227. The zero-order valence-corrected chi connectivity index (χ0v) is 18.2. The van der Waals surface area contributed by atoms with E-state index in [1.54, 1.807) is 29.3 Å². The summed E-state index contributed by atoms with van der Waals surface area (Å²) in [6.07, 6.45) is 5.63. The lowest BCUT2D eigenvalue weighted by molar-refractivity contribution is -0.115. The van der Waals surface area contributed by atoms with Crippen molar-refractivity contribution >= 4 is 39.7 Å².